The Kier molecular flexibility index (Phi) is 4.51. The maximum Gasteiger partial charge on any atom is 0.248 e. The second-order valence-electron chi connectivity index (χ2n) is 6.55. The van der Waals surface area contributed by atoms with Crippen LogP contribution in [0.5, 0.6) is 0 Å². The summed E-state index contributed by atoms with van der Waals surface area (Å²) in [5.74, 6) is -0.481. The molecule has 4 aromatic rings. The van der Waals surface area contributed by atoms with Gasteiger partial charge in [0.25, 0.3) is 0 Å². The SMILES string of the molecule is CS(=O)(=O)Nc1cccc(-c2cnn3c(-c4ccc(C(N)=O)cc4)cnc3c2)c1. The number of fused-ring (bicyclic) bond motifs is 1. The average Bonchev–Trinajstić information content (AvgIpc) is 3.10. The first kappa shape index (κ1) is 18.6. The number of aromatic nitrogens is 3. The number of hydrogen-bond donors (Lipinski definition) is 2. The zero-order valence-corrected chi connectivity index (χ0v) is 16.2. The van der Waals surface area contributed by atoms with Crippen LogP contribution in [0.2, 0.25) is 0 Å². The summed E-state index contributed by atoms with van der Waals surface area (Å²) < 4.78 is 27.1. The first-order chi connectivity index (χ1) is 13.8. The molecule has 0 fully saturated rings. The predicted octanol–water partition coefficient (Wildman–Crippen LogP) is 2.53. The van der Waals surface area contributed by atoms with Crippen molar-refractivity contribution in [2.75, 3.05) is 11.0 Å². The number of primary amides is 1. The summed E-state index contributed by atoms with van der Waals surface area (Å²) in [6.45, 7) is 0. The summed E-state index contributed by atoms with van der Waals surface area (Å²) in [6.07, 6.45) is 4.50. The number of nitrogens with one attached hydrogen (secondary N) is 1. The first-order valence-corrected chi connectivity index (χ1v) is 10.5. The Labute approximate surface area is 167 Å². The van der Waals surface area contributed by atoms with E-state index in [4.69, 9.17) is 5.73 Å². The van der Waals surface area contributed by atoms with Crippen LogP contribution in [0, 0.1) is 0 Å². The summed E-state index contributed by atoms with van der Waals surface area (Å²) >= 11 is 0. The van der Waals surface area contributed by atoms with E-state index in [1.54, 1.807) is 59.4 Å². The monoisotopic (exact) mass is 407 g/mol. The Morgan fingerprint density at radius 1 is 1.00 bits per heavy atom. The number of nitrogens with zero attached hydrogens (tertiary/aromatic N) is 3. The highest BCUT2D eigenvalue weighted by atomic mass is 32.2. The molecule has 0 saturated heterocycles. The Morgan fingerprint density at radius 3 is 2.45 bits per heavy atom. The maximum atomic E-state index is 11.5. The van der Waals surface area contributed by atoms with Crippen LogP contribution in [-0.2, 0) is 10.0 Å². The number of imidazole rings is 1. The quantitative estimate of drug-likeness (QED) is 0.527. The lowest BCUT2D eigenvalue weighted by molar-refractivity contribution is 0.100. The van der Waals surface area contributed by atoms with Gasteiger partial charge in [-0.2, -0.15) is 5.10 Å². The van der Waals surface area contributed by atoms with E-state index >= 15 is 0 Å². The fourth-order valence-electron chi connectivity index (χ4n) is 3.01. The highest BCUT2D eigenvalue weighted by molar-refractivity contribution is 7.92. The smallest absolute Gasteiger partial charge is 0.248 e. The molecule has 29 heavy (non-hydrogen) atoms. The van der Waals surface area contributed by atoms with Gasteiger partial charge < -0.3 is 5.73 Å². The third-order valence-corrected chi connectivity index (χ3v) is 4.93. The van der Waals surface area contributed by atoms with Gasteiger partial charge in [0, 0.05) is 22.4 Å². The molecule has 2 heterocycles. The first-order valence-electron chi connectivity index (χ1n) is 8.62. The normalized spacial score (nSPS) is 11.5. The summed E-state index contributed by atoms with van der Waals surface area (Å²) in [5.41, 5.74) is 10.1. The molecule has 1 amide bonds. The van der Waals surface area contributed by atoms with Gasteiger partial charge in [0.05, 0.1) is 24.3 Å². The van der Waals surface area contributed by atoms with Gasteiger partial charge in [-0.3, -0.25) is 9.52 Å². The second-order valence-corrected chi connectivity index (χ2v) is 8.30. The van der Waals surface area contributed by atoms with Gasteiger partial charge in [-0.25, -0.2) is 17.9 Å². The maximum absolute atomic E-state index is 11.5. The molecular formula is C20H17N5O3S. The van der Waals surface area contributed by atoms with E-state index in [9.17, 15) is 13.2 Å². The van der Waals surface area contributed by atoms with Crippen LogP contribution in [0.3, 0.4) is 0 Å². The minimum Gasteiger partial charge on any atom is -0.366 e. The van der Waals surface area contributed by atoms with Gasteiger partial charge >= 0.3 is 0 Å². The molecule has 9 heteroatoms. The Bertz CT molecular complexity index is 1330. The van der Waals surface area contributed by atoms with Crippen molar-refractivity contribution >= 4 is 27.3 Å². The second kappa shape index (κ2) is 7.02. The van der Waals surface area contributed by atoms with Gasteiger partial charge in [0.2, 0.25) is 15.9 Å². The molecule has 0 aliphatic carbocycles. The molecular weight excluding hydrogens is 390 g/mol. The van der Waals surface area contributed by atoms with E-state index in [2.05, 4.69) is 14.8 Å². The van der Waals surface area contributed by atoms with Gasteiger partial charge in [-0.05, 0) is 35.9 Å². The number of hydrogen-bond acceptors (Lipinski definition) is 5. The van der Waals surface area contributed by atoms with Crippen LogP contribution in [-0.4, -0.2) is 35.2 Å². The fourth-order valence-corrected chi connectivity index (χ4v) is 3.57. The van der Waals surface area contributed by atoms with Crippen LogP contribution in [0.4, 0.5) is 5.69 Å². The van der Waals surface area contributed by atoms with Crippen LogP contribution < -0.4 is 10.5 Å². The van der Waals surface area contributed by atoms with Gasteiger partial charge in [0.15, 0.2) is 5.65 Å². The summed E-state index contributed by atoms with van der Waals surface area (Å²) in [5, 5.41) is 4.48. The van der Waals surface area contributed by atoms with E-state index < -0.39 is 15.9 Å². The van der Waals surface area contributed by atoms with Crippen molar-refractivity contribution in [3.63, 3.8) is 0 Å². The largest absolute Gasteiger partial charge is 0.366 e. The lowest BCUT2D eigenvalue weighted by atomic mass is 10.1. The number of benzene rings is 2. The van der Waals surface area contributed by atoms with Crippen molar-refractivity contribution in [3.8, 4) is 22.4 Å². The lowest BCUT2D eigenvalue weighted by Crippen LogP contribution is -2.10. The standard InChI is InChI=1S/C20H17N5O3S/c1-29(27,28)24-17-4-2-3-15(9-17)16-10-19-22-12-18(25(19)23-11-16)13-5-7-14(8-6-13)20(21)26/h2-12,24H,1H3,(H2,21,26). The summed E-state index contributed by atoms with van der Waals surface area (Å²) in [7, 11) is -3.36. The zero-order chi connectivity index (χ0) is 20.6. The number of nitrogens with two attached hydrogens (primary N) is 1. The highest BCUT2D eigenvalue weighted by Gasteiger charge is 2.10. The van der Waals surface area contributed by atoms with Crippen molar-refractivity contribution in [3.05, 3.63) is 72.6 Å². The number of amides is 1. The Morgan fingerprint density at radius 2 is 1.76 bits per heavy atom. The number of carbonyl (C=O) groups excluding carboxylic acids is 1. The van der Waals surface area contributed by atoms with Crippen molar-refractivity contribution in [2.24, 2.45) is 5.73 Å². The van der Waals surface area contributed by atoms with Gasteiger partial charge in [-0.15, -0.1) is 0 Å². The highest BCUT2D eigenvalue weighted by Crippen LogP contribution is 2.26. The molecule has 0 atom stereocenters. The lowest BCUT2D eigenvalue weighted by Gasteiger charge is -2.07. The average molecular weight is 407 g/mol. The Hall–Kier alpha value is -3.72. The van der Waals surface area contributed by atoms with Crippen LogP contribution in [0.1, 0.15) is 10.4 Å². The molecule has 0 saturated carbocycles. The zero-order valence-electron chi connectivity index (χ0n) is 15.4. The van der Waals surface area contributed by atoms with Crippen LogP contribution in [0.25, 0.3) is 28.0 Å². The molecule has 2 aromatic heterocycles. The summed E-state index contributed by atoms with van der Waals surface area (Å²) in [6, 6.07) is 15.8. The van der Waals surface area contributed by atoms with E-state index in [1.807, 2.05) is 12.1 Å². The van der Waals surface area contributed by atoms with E-state index in [0.29, 0.717) is 16.9 Å². The molecule has 8 nitrogen and oxygen atoms in total. The predicted molar refractivity (Wildman–Crippen MR) is 111 cm³/mol. The minimum atomic E-state index is -3.36. The van der Waals surface area contributed by atoms with Crippen LogP contribution >= 0.6 is 0 Å². The molecule has 0 spiro atoms. The molecule has 0 bridgehead atoms. The molecule has 146 valence electrons. The van der Waals surface area contributed by atoms with Crippen molar-refractivity contribution in [2.45, 2.75) is 0 Å². The van der Waals surface area contributed by atoms with Gasteiger partial charge in [0.1, 0.15) is 0 Å². The minimum absolute atomic E-state index is 0.431. The molecule has 0 unspecified atom stereocenters. The molecule has 0 radical (unpaired) electrons. The number of carbonyl (C=O) groups is 1. The molecule has 2 aromatic carbocycles. The number of rotatable bonds is 5. The molecule has 0 aliphatic heterocycles. The molecule has 0 aliphatic rings. The molecule has 4 rings (SSSR count). The fraction of sp³-hybridized carbons (Fsp3) is 0.0500. The van der Waals surface area contributed by atoms with E-state index in [0.717, 1.165) is 28.6 Å². The van der Waals surface area contributed by atoms with E-state index in [1.165, 1.54) is 0 Å². The van der Waals surface area contributed by atoms with Crippen LogP contribution in [0.15, 0.2) is 67.0 Å². The van der Waals surface area contributed by atoms with E-state index in [-0.39, 0.29) is 0 Å². The topological polar surface area (TPSA) is 119 Å². The summed E-state index contributed by atoms with van der Waals surface area (Å²) in [4.78, 5) is 15.7. The van der Waals surface area contributed by atoms with Crippen molar-refractivity contribution < 1.29 is 13.2 Å². The number of sulfonamides is 1. The third kappa shape index (κ3) is 3.94. The number of anilines is 1. The Balaban J connectivity index is 1.70. The van der Waals surface area contributed by atoms with Crippen molar-refractivity contribution in [1.29, 1.82) is 0 Å². The van der Waals surface area contributed by atoms with Gasteiger partial charge in [-0.1, -0.05) is 24.3 Å². The third-order valence-electron chi connectivity index (χ3n) is 4.33. The molecule has 3 N–H and O–H groups in total. The van der Waals surface area contributed by atoms with Crippen molar-refractivity contribution in [1.82, 2.24) is 14.6 Å².